The molecule has 1 heteroatoms. The van der Waals surface area contributed by atoms with Gasteiger partial charge in [-0.25, -0.2) is 0 Å². The maximum absolute atomic E-state index is 9.83. The first kappa shape index (κ1) is 15.4. The Kier molecular flexibility index (Phi) is 6.70. The molecule has 0 spiro atoms. The van der Waals surface area contributed by atoms with E-state index in [9.17, 15) is 5.11 Å². The van der Waals surface area contributed by atoms with Gasteiger partial charge in [0, 0.05) is 0 Å². The molecule has 0 saturated heterocycles. The van der Waals surface area contributed by atoms with Gasteiger partial charge in [0.25, 0.3) is 0 Å². The minimum absolute atomic E-state index is 0.0223. The molecular weight excluding hydrogens is 232 g/mol. The van der Waals surface area contributed by atoms with Crippen LogP contribution in [0.25, 0.3) is 0 Å². The molecule has 4 unspecified atom stereocenters. The van der Waals surface area contributed by atoms with Gasteiger partial charge < -0.3 is 5.11 Å². The minimum atomic E-state index is 0.0223. The molecule has 0 heterocycles. The van der Waals surface area contributed by atoms with E-state index in [-0.39, 0.29) is 6.10 Å². The Balaban J connectivity index is 1.58. The van der Waals surface area contributed by atoms with Crippen molar-refractivity contribution in [2.24, 2.45) is 17.8 Å². The molecule has 0 aromatic heterocycles. The second kappa shape index (κ2) is 8.29. The molecule has 1 nitrogen and oxygen atoms in total. The first-order chi connectivity index (χ1) is 9.29. The van der Waals surface area contributed by atoms with Crippen LogP contribution in [0.15, 0.2) is 0 Å². The van der Waals surface area contributed by atoms with Gasteiger partial charge in [-0.15, -0.1) is 0 Å². The standard InChI is InChI=1S/C18H34O/c1-2-3-4-5-6-7-8-15-9-10-16-11-12-18(19)14-17(16)13-15/h15-19H,2-14H2,1H3. The number of aliphatic hydroxyl groups is 1. The number of aliphatic hydroxyl groups excluding tert-OH is 1. The van der Waals surface area contributed by atoms with Gasteiger partial charge in [0.15, 0.2) is 0 Å². The quantitative estimate of drug-likeness (QED) is 0.619. The molecule has 0 radical (unpaired) electrons. The fourth-order valence-corrected chi connectivity index (χ4v) is 4.44. The van der Waals surface area contributed by atoms with E-state index >= 15 is 0 Å². The summed E-state index contributed by atoms with van der Waals surface area (Å²) in [6.45, 7) is 2.29. The van der Waals surface area contributed by atoms with Crippen LogP contribution in [0.4, 0.5) is 0 Å². The second-order valence-corrected chi connectivity index (χ2v) is 7.22. The summed E-state index contributed by atoms with van der Waals surface area (Å²) in [5.74, 6) is 2.81. The van der Waals surface area contributed by atoms with Crippen LogP contribution in [0.5, 0.6) is 0 Å². The number of rotatable bonds is 7. The zero-order chi connectivity index (χ0) is 13.5. The third-order valence-electron chi connectivity index (χ3n) is 5.66. The highest BCUT2D eigenvalue weighted by atomic mass is 16.3. The molecule has 0 aliphatic heterocycles. The topological polar surface area (TPSA) is 20.2 Å². The zero-order valence-corrected chi connectivity index (χ0v) is 12.9. The van der Waals surface area contributed by atoms with E-state index in [0.717, 1.165) is 30.6 Å². The van der Waals surface area contributed by atoms with Crippen LogP contribution in [0.1, 0.15) is 90.4 Å². The van der Waals surface area contributed by atoms with E-state index in [1.54, 1.807) is 0 Å². The van der Waals surface area contributed by atoms with Gasteiger partial charge in [-0.05, 0) is 49.9 Å². The van der Waals surface area contributed by atoms with Crippen molar-refractivity contribution in [1.29, 1.82) is 0 Å². The lowest BCUT2D eigenvalue weighted by Crippen LogP contribution is -2.33. The van der Waals surface area contributed by atoms with Crippen LogP contribution in [-0.2, 0) is 0 Å². The maximum atomic E-state index is 9.83. The molecule has 19 heavy (non-hydrogen) atoms. The molecule has 2 rings (SSSR count). The SMILES string of the molecule is CCCCCCCCC1CCC2CCC(O)CC2C1. The van der Waals surface area contributed by atoms with E-state index in [1.165, 1.54) is 70.6 Å². The van der Waals surface area contributed by atoms with E-state index in [2.05, 4.69) is 6.92 Å². The van der Waals surface area contributed by atoms with Crippen LogP contribution >= 0.6 is 0 Å². The summed E-state index contributed by atoms with van der Waals surface area (Å²) in [5, 5.41) is 9.83. The summed E-state index contributed by atoms with van der Waals surface area (Å²) in [6, 6.07) is 0. The van der Waals surface area contributed by atoms with Crippen molar-refractivity contribution in [2.75, 3.05) is 0 Å². The molecule has 2 fully saturated rings. The van der Waals surface area contributed by atoms with Crippen LogP contribution in [-0.4, -0.2) is 11.2 Å². The molecule has 2 aliphatic carbocycles. The third-order valence-corrected chi connectivity index (χ3v) is 5.66. The lowest BCUT2D eigenvalue weighted by molar-refractivity contribution is 0.0331. The Morgan fingerprint density at radius 3 is 2.37 bits per heavy atom. The first-order valence-corrected chi connectivity index (χ1v) is 8.97. The number of hydrogen-bond donors (Lipinski definition) is 1. The van der Waals surface area contributed by atoms with Crippen molar-refractivity contribution in [2.45, 2.75) is 96.5 Å². The molecule has 0 amide bonds. The van der Waals surface area contributed by atoms with Gasteiger partial charge in [0.2, 0.25) is 0 Å². The van der Waals surface area contributed by atoms with Gasteiger partial charge in [-0.3, -0.25) is 0 Å². The summed E-state index contributed by atoms with van der Waals surface area (Å²) in [7, 11) is 0. The van der Waals surface area contributed by atoms with E-state index in [1.807, 2.05) is 0 Å². The molecule has 4 atom stereocenters. The first-order valence-electron chi connectivity index (χ1n) is 8.97. The molecule has 2 aliphatic rings. The number of fused-ring (bicyclic) bond motifs is 1. The van der Waals surface area contributed by atoms with Crippen molar-refractivity contribution in [3.05, 3.63) is 0 Å². The molecule has 0 aromatic carbocycles. The smallest absolute Gasteiger partial charge is 0.0543 e. The lowest BCUT2D eigenvalue weighted by Gasteiger charge is -2.41. The summed E-state index contributed by atoms with van der Waals surface area (Å²) in [4.78, 5) is 0. The van der Waals surface area contributed by atoms with Gasteiger partial charge >= 0.3 is 0 Å². The van der Waals surface area contributed by atoms with Crippen molar-refractivity contribution >= 4 is 0 Å². The second-order valence-electron chi connectivity index (χ2n) is 7.22. The predicted octanol–water partition coefficient (Wildman–Crippen LogP) is 5.31. The summed E-state index contributed by atoms with van der Waals surface area (Å²) >= 11 is 0. The summed E-state index contributed by atoms with van der Waals surface area (Å²) < 4.78 is 0. The Bertz CT molecular complexity index is 238. The highest BCUT2D eigenvalue weighted by Crippen LogP contribution is 2.44. The van der Waals surface area contributed by atoms with Crippen LogP contribution in [0, 0.1) is 17.8 Å². The Morgan fingerprint density at radius 2 is 1.53 bits per heavy atom. The molecule has 112 valence electrons. The molecular formula is C18H34O. The predicted molar refractivity (Wildman–Crippen MR) is 82.2 cm³/mol. The number of unbranched alkanes of at least 4 members (excludes halogenated alkanes) is 5. The Labute approximate surface area is 120 Å². The van der Waals surface area contributed by atoms with Crippen molar-refractivity contribution in [1.82, 2.24) is 0 Å². The van der Waals surface area contributed by atoms with Gasteiger partial charge in [0.1, 0.15) is 0 Å². The van der Waals surface area contributed by atoms with Crippen molar-refractivity contribution in [3.63, 3.8) is 0 Å². The zero-order valence-electron chi connectivity index (χ0n) is 12.9. The van der Waals surface area contributed by atoms with Gasteiger partial charge in [0.05, 0.1) is 6.10 Å². The molecule has 1 N–H and O–H groups in total. The van der Waals surface area contributed by atoms with Crippen molar-refractivity contribution in [3.8, 4) is 0 Å². The molecule has 0 aromatic rings. The normalized spacial score (nSPS) is 35.1. The van der Waals surface area contributed by atoms with Crippen LogP contribution < -0.4 is 0 Å². The summed E-state index contributed by atoms with van der Waals surface area (Å²) in [5.41, 5.74) is 0. The Hall–Kier alpha value is -0.0400. The van der Waals surface area contributed by atoms with Crippen molar-refractivity contribution < 1.29 is 5.11 Å². The Morgan fingerprint density at radius 1 is 0.789 bits per heavy atom. The maximum Gasteiger partial charge on any atom is 0.0543 e. The highest BCUT2D eigenvalue weighted by Gasteiger charge is 2.34. The van der Waals surface area contributed by atoms with E-state index in [0.29, 0.717) is 0 Å². The van der Waals surface area contributed by atoms with Crippen LogP contribution in [0.3, 0.4) is 0 Å². The lowest BCUT2D eigenvalue weighted by atomic mass is 9.66. The third kappa shape index (κ3) is 5.10. The summed E-state index contributed by atoms with van der Waals surface area (Å²) in [6.07, 6.45) is 17.9. The largest absolute Gasteiger partial charge is 0.393 e. The molecule has 0 bridgehead atoms. The highest BCUT2D eigenvalue weighted by molar-refractivity contribution is 4.85. The monoisotopic (exact) mass is 266 g/mol. The minimum Gasteiger partial charge on any atom is -0.393 e. The average molecular weight is 266 g/mol. The number of hydrogen-bond acceptors (Lipinski definition) is 1. The fourth-order valence-electron chi connectivity index (χ4n) is 4.44. The van der Waals surface area contributed by atoms with E-state index in [4.69, 9.17) is 0 Å². The van der Waals surface area contributed by atoms with Gasteiger partial charge in [-0.2, -0.15) is 0 Å². The molecule has 2 saturated carbocycles. The van der Waals surface area contributed by atoms with Gasteiger partial charge in [-0.1, -0.05) is 58.3 Å². The average Bonchev–Trinajstić information content (AvgIpc) is 2.42. The van der Waals surface area contributed by atoms with Crippen LogP contribution in [0.2, 0.25) is 0 Å². The van der Waals surface area contributed by atoms with E-state index < -0.39 is 0 Å². The fraction of sp³-hybridized carbons (Fsp3) is 1.00.